The fourth-order valence-corrected chi connectivity index (χ4v) is 3.23. The van der Waals surface area contributed by atoms with Crippen molar-refractivity contribution >= 4 is 27.7 Å². The molecule has 1 aromatic carbocycles. The van der Waals surface area contributed by atoms with E-state index in [-0.39, 0.29) is 12.4 Å². The Morgan fingerprint density at radius 1 is 1.43 bits per heavy atom. The summed E-state index contributed by atoms with van der Waals surface area (Å²) in [5.41, 5.74) is -0.137. The number of nitrogens with zero attached hydrogens (tertiary/aromatic N) is 1. The van der Waals surface area contributed by atoms with Crippen molar-refractivity contribution in [2.45, 2.75) is 19.8 Å². The maximum Gasteiger partial charge on any atom is 0.321 e. The maximum absolute atomic E-state index is 12.6. The molecule has 1 heterocycles. The van der Waals surface area contributed by atoms with E-state index in [9.17, 15) is 9.59 Å². The second-order valence-electron chi connectivity index (χ2n) is 5.48. The van der Waals surface area contributed by atoms with Crippen LogP contribution in [-0.4, -0.2) is 43.4 Å². The third-order valence-electron chi connectivity index (χ3n) is 3.91. The highest BCUT2D eigenvalue weighted by atomic mass is 79.9. The lowest BCUT2D eigenvalue weighted by molar-refractivity contribution is -0.163. The summed E-state index contributed by atoms with van der Waals surface area (Å²) in [5, 5.41) is 0. The van der Waals surface area contributed by atoms with Crippen LogP contribution in [-0.2, 0) is 20.7 Å². The molecule has 1 fully saturated rings. The molecular formula is C16H20BrNO3. The van der Waals surface area contributed by atoms with Crippen LogP contribution >= 0.6 is 15.9 Å². The zero-order chi connectivity index (χ0) is 15.5. The minimum absolute atomic E-state index is 0.0187. The fourth-order valence-electron chi connectivity index (χ4n) is 2.80. The number of rotatable bonds is 4. The SMILES string of the molecule is CCOC(=O)C1(Cc2ccccc2Br)CN(C)CCC1=O. The molecule has 1 aliphatic heterocycles. The van der Waals surface area contributed by atoms with Gasteiger partial charge in [0.1, 0.15) is 5.41 Å². The molecule has 4 nitrogen and oxygen atoms in total. The first-order valence-corrected chi connectivity index (χ1v) is 7.91. The van der Waals surface area contributed by atoms with Crippen molar-refractivity contribution in [3.05, 3.63) is 34.3 Å². The topological polar surface area (TPSA) is 46.6 Å². The molecule has 1 saturated heterocycles. The zero-order valence-corrected chi connectivity index (χ0v) is 14.0. The molecule has 0 spiro atoms. The predicted molar refractivity (Wildman–Crippen MR) is 84.0 cm³/mol. The quantitative estimate of drug-likeness (QED) is 0.616. The highest BCUT2D eigenvalue weighted by Gasteiger charge is 2.49. The number of hydrogen-bond donors (Lipinski definition) is 0. The number of hydrogen-bond acceptors (Lipinski definition) is 4. The van der Waals surface area contributed by atoms with Crippen LogP contribution in [0.25, 0.3) is 0 Å². The summed E-state index contributed by atoms with van der Waals surface area (Å²) in [5.74, 6) is -0.424. The predicted octanol–water partition coefficient (Wildman–Crippen LogP) is 2.45. The van der Waals surface area contributed by atoms with Crippen molar-refractivity contribution in [3.8, 4) is 0 Å². The first kappa shape index (κ1) is 16.2. The molecule has 21 heavy (non-hydrogen) atoms. The standard InChI is InChI=1S/C16H20BrNO3/c1-3-21-15(20)16(11-18(2)9-8-14(16)19)10-12-6-4-5-7-13(12)17/h4-7H,3,8-11H2,1-2H3. The second kappa shape index (κ2) is 6.71. The van der Waals surface area contributed by atoms with Gasteiger partial charge in [-0.1, -0.05) is 34.1 Å². The number of carbonyl (C=O) groups excluding carboxylic acids is 2. The smallest absolute Gasteiger partial charge is 0.321 e. The first-order valence-electron chi connectivity index (χ1n) is 7.12. The van der Waals surface area contributed by atoms with E-state index in [0.717, 1.165) is 10.0 Å². The van der Waals surface area contributed by atoms with Gasteiger partial charge in [0.2, 0.25) is 0 Å². The van der Waals surface area contributed by atoms with Crippen LogP contribution in [0, 0.1) is 5.41 Å². The number of piperidine rings is 1. The third-order valence-corrected chi connectivity index (χ3v) is 4.68. The number of ketones is 1. The molecule has 0 aliphatic carbocycles. The van der Waals surface area contributed by atoms with E-state index < -0.39 is 11.4 Å². The summed E-state index contributed by atoms with van der Waals surface area (Å²) in [7, 11) is 1.93. The minimum atomic E-state index is -1.09. The molecule has 2 rings (SSSR count). The molecular weight excluding hydrogens is 334 g/mol. The van der Waals surface area contributed by atoms with Crippen LogP contribution in [0.4, 0.5) is 0 Å². The van der Waals surface area contributed by atoms with Gasteiger partial charge in [0.25, 0.3) is 0 Å². The van der Waals surface area contributed by atoms with E-state index >= 15 is 0 Å². The Kier molecular flexibility index (Phi) is 5.17. The summed E-state index contributed by atoms with van der Waals surface area (Å²) in [6, 6.07) is 7.69. The van der Waals surface area contributed by atoms with Gasteiger partial charge in [-0.05, 0) is 32.0 Å². The lowest BCUT2D eigenvalue weighted by Crippen LogP contribution is -2.54. The van der Waals surface area contributed by atoms with E-state index in [1.165, 1.54) is 0 Å². The van der Waals surface area contributed by atoms with Crippen LogP contribution in [0.5, 0.6) is 0 Å². The van der Waals surface area contributed by atoms with Gasteiger partial charge in [0.15, 0.2) is 5.78 Å². The first-order chi connectivity index (χ1) is 9.99. The number of carbonyl (C=O) groups is 2. The number of esters is 1. The maximum atomic E-state index is 12.6. The zero-order valence-electron chi connectivity index (χ0n) is 12.4. The normalized spacial score (nSPS) is 23.1. The Balaban J connectivity index is 2.38. The van der Waals surface area contributed by atoms with Gasteiger partial charge in [-0.15, -0.1) is 0 Å². The fraction of sp³-hybridized carbons (Fsp3) is 0.500. The summed E-state index contributed by atoms with van der Waals surface area (Å²) in [6.45, 7) is 3.15. The Bertz CT molecular complexity index is 546. The molecule has 1 aliphatic rings. The summed E-state index contributed by atoms with van der Waals surface area (Å²) in [4.78, 5) is 27.1. The summed E-state index contributed by atoms with van der Waals surface area (Å²) < 4.78 is 6.13. The number of ether oxygens (including phenoxy) is 1. The lowest BCUT2D eigenvalue weighted by atomic mass is 9.74. The summed E-state index contributed by atoms with van der Waals surface area (Å²) >= 11 is 3.49. The van der Waals surface area contributed by atoms with E-state index in [4.69, 9.17) is 4.74 Å². The van der Waals surface area contributed by atoms with E-state index in [0.29, 0.717) is 25.9 Å². The molecule has 114 valence electrons. The number of Topliss-reactive ketones (excluding diaryl/α,β-unsaturated/α-hetero) is 1. The highest BCUT2D eigenvalue weighted by molar-refractivity contribution is 9.10. The molecule has 0 N–H and O–H groups in total. The van der Waals surface area contributed by atoms with E-state index in [1.807, 2.05) is 36.2 Å². The van der Waals surface area contributed by atoms with Crippen LogP contribution in [0.15, 0.2) is 28.7 Å². The van der Waals surface area contributed by atoms with Crippen molar-refractivity contribution < 1.29 is 14.3 Å². The van der Waals surface area contributed by atoms with Gasteiger partial charge in [0.05, 0.1) is 6.61 Å². The van der Waals surface area contributed by atoms with Crippen LogP contribution in [0.3, 0.4) is 0 Å². The third kappa shape index (κ3) is 3.35. The minimum Gasteiger partial charge on any atom is -0.465 e. The van der Waals surface area contributed by atoms with Gasteiger partial charge in [-0.3, -0.25) is 9.59 Å². The van der Waals surface area contributed by atoms with Gasteiger partial charge >= 0.3 is 5.97 Å². The van der Waals surface area contributed by atoms with Crippen LogP contribution < -0.4 is 0 Å². The average molecular weight is 354 g/mol. The number of benzene rings is 1. The molecule has 1 aromatic rings. The molecule has 1 unspecified atom stereocenters. The molecule has 1 atom stereocenters. The Morgan fingerprint density at radius 3 is 2.81 bits per heavy atom. The monoisotopic (exact) mass is 353 g/mol. The van der Waals surface area contributed by atoms with Gasteiger partial charge in [0, 0.05) is 24.0 Å². The van der Waals surface area contributed by atoms with Crippen molar-refractivity contribution in [2.24, 2.45) is 5.41 Å². The van der Waals surface area contributed by atoms with Crippen LogP contribution in [0.2, 0.25) is 0 Å². The Hall–Kier alpha value is -1.20. The van der Waals surface area contributed by atoms with E-state index in [1.54, 1.807) is 6.92 Å². The molecule has 0 radical (unpaired) electrons. The number of likely N-dealkylation sites (tertiary alicyclic amines) is 1. The van der Waals surface area contributed by atoms with Gasteiger partial charge in [-0.2, -0.15) is 0 Å². The van der Waals surface area contributed by atoms with Crippen LogP contribution in [0.1, 0.15) is 18.9 Å². The van der Waals surface area contributed by atoms with E-state index in [2.05, 4.69) is 15.9 Å². The number of halogens is 1. The van der Waals surface area contributed by atoms with Gasteiger partial charge < -0.3 is 9.64 Å². The van der Waals surface area contributed by atoms with Crippen molar-refractivity contribution in [1.82, 2.24) is 4.90 Å². The summed E-state index contributed by atoms with van der Waals surface area (Å²) in [6.07, 6.45) is 0.760. The highest BCUT2D eigenvalue weighted by Crippen LogP contribution is 2.34. The molecule has 5 heteroatoms. The Morgan fingerprint density at radius 2 is 2.14 bits per heavy atom. The Labute approximate surface area is 133 Å². The molecule has 0 aromatic heterocycles. The molecule has 0 amide bonds. The van der Waals surface area contributed by atoms with Crippen molar-refractivity contribution in [3.63, 3.8) is 0 Å². The van der Waals surface area contributed by atoms with Crippen molar-refractivity contribution in [1.29, 1.82) is 0 Å². The van der Waals surface area contributed by atoms with Crippen molar-refractivity contribution in [2.75, 3.05) is 26.7 Å². The second-order valence-corrected chi connectivity index (χ2v) is 6.34. The molecule has 0 saturated carbocycles. The average Bonchev–Trinajstić information content (AvgIpc) is 2.45. The lowest BCUT2D eigenvalue weighted by Gasteiger charge is -2.38. The van der Waals surface area contributed by atoms with Gasteiger partial charge in [-0.25, -0.2) is 0 Å². The molecule has 0 bridgehead atoms. The largest absolute Gasteiger partial charge is 0.465 e.